The summed E-state index contributed by atoms with van der Waals surface area (Å²) < 4.78 is 5.32. The lowest BCUT2D eigenvalue weighted by Gasteiger charge is -2.31. The third-order valence-corrected chi connectivity index (χ3v) is 3.52. The molecule has 1 N–H and O–H groups in total. The van der Waals surface area contributed by atoms with Gasteiger partial charge in [-0.25, -0.2) is 4.79 Å². The summed E-state index contributed by atoms with van der Waals surface area (Å²) in [6.45, 7) is 1.97. The minimum atomic E-state index is -0.244. The molecule has 1 aromatic carbocycles. The molecule has 1 fully saturated rings. The second-order valence-corrected chi connectivity index (χ2v) is 5.01. The van der Waals surface area contributed by atoms with Crippen LogP contribution in [-0.2, 0) is 11.3 Å². The normalized spacial score (nSPS) is 19.2. The smallest absolute Gasteiger partial charge is 0.410 e. The fraction of sp³-hybridized carbons (Fsp3) is 0.533. The number of likely N-dealkylation sites (tertiary alicyclic amines) is 1. The van der Waals surface area contributed by atoms with Gasteiger partial charge < -0.3 is 14.7 Å². The number of aliphatic hydroxyl groups excluding tert-OH is 1. The molecule has 4 nitrogen and oxygen atoms in total. The zero-order chi connectivity index (χ0) is 13.5. The number of amides is 1. The molecule has 0 bridgehead atoms. The number of benzene rings is 1. The maximum atomic E-state index is 12.0. The predicted octanol–water partition coefficient (Wildman–Crippen LogP) is 2.42. The van der Waals surface area contributed by atoms with Gasteiger partial charge >= 0.3 is 6.09 Å². The van der Waals surface area contributed by atoms with E-state index in [1.54, 1.807) is 4.90 Å². The van der Waals surface area contributed by atoms with E-state index in [-0.39, 0.29) is 12.7 Å². The fourth-order valence-corrected chi connectivity index (χ4v) is 2.46. The SMILES string of the molecule is O=C(OCc1ccccc1)N1CCC[C@@H](CCO)C1. The molecule has 19 heavy (non-hydrogen) atoms. The van der Waals surface area contributed by atoms with E-state index in [0.717, 1.165) is 31.4 Å². The number of aliphatic hydroxyl groups is 1. The molecule has 104 valence electrons. The van der Waals surface area contributed by atoms with Crippen molar-refractivity contribution in [1.29, 1.82) is 0 Å². The number of piperidine rings is 1. The summed E-state index contributed by atoms with van der Waals surface area (Å²) in [5, 5.41) is 8.96. The molecule has 0 radical (unpaired) electrons. The van der Waals surface area contributed by atoms with Crippen molar-refractivity contribution in [3.8, 4) is 0 Å². The summed E-state index contributed by atoms with van der Waals surface area (Å²) in [5.41, 5.74) is 1.000. The van der Waals surface area contributed by atoms with Crippen molar-refractivity contribution in [2.75, 3.05) is 19.7 Å². The molecular weight excluding hydrogens is 242 g/mol. The zero-order valence-corrected chi connectivity index (χ0v) is 11.1. The zero-order valence-electron chi connectivity index (χ0n) is 11.1. The Hall–Kier alpha value is -1.55. The van der Waals surface area contributed by atoms with E-state index >= 15 is 0 Å². The Labute approximate surface area is 114 Å². The number of hydrogen-bond donors (Lipinski definition) is 1. The van der Waals surface area contributed by atoms with Crippen LogP contribution in [0.4, 0.5) is 4.79 Å². The van der Waals surface area contributed by atoms with Gasteiger partial charge in [0.1, 0.15) is 6.61 Å². The lowest BCUT2D eigenvalue weighted by Crippen LogP contribution is -2.40. The number of nitrogens with zero attached hydrogens (tertiary/aromatic N) is 1. The molecule has 1 atom stereocenters. The molecule has 0 saturated carbocycles. The number of carbonyl (C=O) groups is 1. The van der Waals surface area contributed by atoms with Crippen molar-refractivity contribution in [2.45, 2.75) is 25.9 Å². The first-order valence-corrected chi connectivity index (χ1v) is 6.86. The Kier molecular flexibility index (Phi) is 5.21. The van der Waals surface area contributed by atoms with Crippen molar-refractivity contribution in [1.82, 2.24) is 4.90 Å². The fourth-order valence-electron chi connectivity index (χ4n) is 2.46. The molecule has 1 heterocycles. The molecule has 1 aliphatic heterocycles. The van der Waals surface area contributed by atoms with Gasteiger partial charge in [0.2, 0.25) is 0 Å². The Morgan fingerprint density at radius 2 is 2.16 bits per heavy atom. The van der Waals surface area contributed by atoms with Gasteiger partial charge in [-0.05, 0) is 30.7 Å². The predicted molar refractivity (Wildman–Crippen MR) is 72.6 cm³/mol. The molecular formula is C15H21NO3. The average Bonchev–Trinajstić information content (AvgIpc) is 2.46. The van der Waals surface area contributed by atoms with E-state index in [9.17, 15) is 4.79 Å². The first-order valence-electron chi connectivity index (χ1n) is 6.86. The molecule has 1 aromatic rings. The lowest BCUT2D eigenvalue weighted by molar-refractivity contribution is 0.0750. The van der Waals surface area contributed by atoms with E-state index < -0.39 is 0 Å². The largest absolute Gasteiger partial charge is 0.445 e. The highest BCUT2D eigenvalue weighted by Crippen LogP contribution is 2.20. The van der Waals surface area contributed by atoms with E-state index in [1.807, 2.05) is 30.3 Å². The molecule has 2 rings (SSSR count). The number of hydrogen-bond acceptors (Lipinski definition) is 3. The number of carbonyl (C=O) groups excluding carboxylic acids is 1. The molecule has 0 spiro atoms. The monoisotopic (exact) mass is 263 g/mol. The average molecular weight is 263 g/mol. The summed E-state index contributed by atoms with van der Waals surface area (Å²) in [7, 11) is 0. The maximum Gasteiger partial charge on any atom is 0.410 e. The van der Waals surface area contributed by atoms with Gasteiger partial charge in [0, 0.05) is 19.7 Å². The Morgan fingerprint density at radius 1 is 1.37 bits per heavy atom. The molecule has 4 heteroatoms. The van der Waals surface area contributed by atoms with E-state index in [2.05, 4.69) is 0 Å². The van der Waals surface area contributed by atoms with Gasteiger partial charge in [-0.3, -0.25) is 0 Å². The van der Waals surface area contributed by atoms with Crippen molar-refractivity contribution in [2.24, 2.45) is 5.92 Å². The van der Waals surface area contributed by atoms with Crippen LogP contribution >= 0.6 is 0 Å². The number of ether oxygens (including phenoxy) is 1. The minimum absolute atomic E-state index is 0.192. The quantitative estimate of drug-likeness (QED) is 0.907. The van der Waals surface area contributed by atoms with Crippen molar-refractivity contribution in [3.05, 3.63) is 35.9 Å². The molecule has 1 aliphatic rings. The van der Waals surface area contributed by atoms with E-state index in [4.69, 9.17) is 9.84 Å². The number of rotatable bonds is 4. The molecule has 1 saturated heterocycles. The van der Waals surface area contributed by atoms with E-state index in [0.29, 0.717) is 19.1 Å². The van der Waals surface area contributed by atoms with Crippen LogP contribution in [0, 0.1) is 5.92 Å². The van der Waals surface area contributed by atoms with Crippen LogP contribution in [0.5, 0.6) is 0 Å². The van der Waals surface area contributed by atoms with Crippen molar-refractivity contribution < 1.29 is 14.6 Å². The molecule has 0 aliphatic carbocycles. The second kappa shape index (κ2) is 7.14. The highest BCUT2D eigenvalue weighted by atomic mass is 16.6. The van der Waals surface area contributed by atoms with Gasteiger partial charge in [0.15, 0.2) is 0 Å². The Balaban J connectivity index is 1.79. The van der Waals surface area contributed by atoms with Crippen molar-refractivity contribution in [3.63, 3.8) is 0 Å². The van der Waals surface area contributed by atoms with Crippen molar-refractivity contribution >= 4 is 6.09 Å². The third-order valence-electron chi connectivity index (χ3n) is 3.52. The van der Waals surface area contributed by atoms with Gasteiger partial charge in [0.25, 0.3) is 0 Å². The summed E-state index contributed by atoms with van der Waals surface area (Å²) >= 11 is 0. The van der Waals surface area contributed by atoms with Gasteiger partial charge in [-0.15, -0.1) is 0 Å². The summed E-state index contributed by atoms with van der Waals surface area (Å²) in [4.78, 5) is 13.7. The van der Waals surface area contributed by atoms with Crippen LogP contribution in [0.15, 0.2) is 30.3 Å². The topological polar surface area (TPSA) is 49.8 Å². The van der Waals surface area contributed by atoms with Crippen LogP contribution in [0.2, 0.25) is 0 Å². The van der Waals surface area contributed by atoms with Crippen LogP contribution < -0.4 is 0 Å². The summed E-state index contributed by atoms with van der Waals surface area (Å²) in [5.74, 6) is 0.406. The first-order chi connectivity index (χ1) is 9.29. The van der Waals surface area contributed by atoms with Crippen LogP contribution in [-0.4, -0.2) is 35.8 Å². The standard InChI is InChI=1S/C15H21NO3/c17-10-8-13-7-4-9-16(11-13)15(18)19-12-14-5-2-1-3-6-14/h1-3,5-6,13,17H,4,7-12H2/t13-/m0/s1. The molecule has 0 unspecified atom stereocenters. The molecule has 1 amide bonds. The highest BCUT2D eigenvalue weighted by Gasteiger charge is 2.24. The van der Waals surface area contributed by atoms with Crippen LogP contribution in [0.1, 0.15) is 24.8 Å². The van der Waals surface area contributed by atoms with Crippen LogP contribution in [0.25, 0.3) is 0 Å². The Morgan fingerprint density at radius 3 is 2.89 bits per heavy atom. The minimum Gasteiger partial charge on any atom is -0.445 e. The second-order valence-electron chi connectivity index (χ2n) is 5.01. The van der Waals surface area contributed by atoms with Crippen LogP contribution in [0.3, 0.4) is 0 Å². The Bertz CT molecular complexity index is 392. The maximum absolute atomic E-state index is 12.0. The molecule has 0 aromatic heterocycles. The summed E-state index contributed by atoms with van der Waals surface area (Å²) in [6.07, 6.45) is 2.60. The van der Waals surface area contributed by atoms with Gasteiger partial charge in [-0.1, -0.05) is 30.3 Å². The third kappa shape index (κ3) is 4.24. The highest BCUT2D eigenvalue weighted by molar-refractivity contribution is 5.67. The lowest BCUT2D eigenvalue weighted by atomic mass is 9.95. The van der Waals surface area contributed by atoms with Gasteiger partial charge in [-0.2, -0.15) is 0 Å². The van der Waals surface area contributed by atoms with Gasteiger partial charge in [0.05, 0.1) is 0 Å². The van der Waals surface area contributed by atoms with E-state index in [1.165, 1.54) is 0 Å². The first kappa shape index (κ1) is 13.9. The summed E-state index contributed by atoms with van der Waals surface area (Å²) in [6, 6.07) is 9.69.